The molecule has 0 saturated carbocycles. The zero-order valence-electron chi connectivity index (χ0n) is 17.3. The molecule has 0 aromatic heterocycles. The summed E-state index contributed by atoms with van der Waals surface area (Å²) < 4.78 is 5.13. The molecule has 0 bridgehead atoms. The van der Waals surface area contributed by atoms with Crippen LogP contribution in [0.5, 0.6) is 5.75 Å². The van der Waals surface area contributed by atoms with Crippen molar-refractivity contribution in [3.63, 3.8) is 0 Å². The number of carbonyl (C=O) groups excluding carboxylic acids is 2. The lowest BCUT2D eigenvalue weighted by Crippen LogP contribution is -2.41. The second-order valence-corrected chi connectivity index (χ2v) is 7.63. The van der Waals surface area contributed by atoms with Gasteiger partial charge in [0.1, 0.15) is 5.75 Å². The fraction of sp³-hybridized carbons (Fsp3) is 0.391. The lowest BCUT2D eigenvalue weighted by Gasteiger charge is -2.30. The Labute approximate surface area is 172 Å². The molecule has 2 amide bonds. The van der Waals surface area contributed by atoms with Gasteiger partial charge in [0.15, 0.2) is 0 Å². The molecule has 0 unspecified atom stereocenters. The number of methoxy groups -OCH3 is 1. The summed E-state index contributed by atoms with van der Waals surface area (Å²) in [5.74, 6) is 0.749. The Hall–Kier alpha value is -2.86. The number of hydrogen-bond acceptors (Lipinski definition) is 4. The van der Waals surface area contributed by atoms with Crippen LogP contribution in [0.2, 0.25) is 0 Å². The van der Waals surface area contributed by atoms with E-state index >= 15 is 0 Å². The smallest absolute Gasteiger partial charge is 0.238 e. The Morgan fingerprint density at radius 2 is 1.72 bits per heavy atom. The van der Waals surface area contributed by atoms with Gasteiger partial charge in [0, 0.05) is 17.3 Å². The van der Waals surface area contributed by atoms with E-state index in [1.165, 1.54) is 5.56 Å². The van der Waals surface area contributed by atoms with E-state index in [2.05, 4.69) is 21.6 Å². The highest BCUT2D eigenvalue weighted by Gasteiger charge is 2.26. The number of nitrogens with one attached hydrogen (secondary N) is 2. The number of carbonyl (C=O) groups is 2. The SMILES string of the molecule is COc1ccc(NC(=O)C2CCN(CC(=O)Nc3ccc(C)cc3C)CC2)cc1. The van der Waals surface area contributed by atoms with Crippen molar-refractivity contribution in [1.29, 1.82) is 0 Å². The maximum atomic E-state index is 12.5. The molecular formula is C23H29N3O3. The average Bonchev–Trinajstić information content (AvgIpc) is 2.71. The largest absolute Gasteiger partial charge is 0.497 e. The second kappa shape index (κ2) is 9.56. The number of nitrogens with zero attached hydrogens (tertiary/aromatic N) is 1. The lowest BCUT2D eigenvalue weighted by molar-refractivity contribution is -0.121. The van der Waals surface area contributed by atoms with Crippen LogP contribution in [-0.4, -0.2) is 43.5 Å². The standard InChI is InChI=1S/C23H29N3O3/c1-16-4-9-21(17(2)14-16)25-22(27)15-26-12-10-18(11-13-26)23(28)24-19-5-7-20(29-3)8-6-19/h4-9,14,18H,10-13,15H2,1-3H3,(H,24,28)(H,25,27). The van der Waals surface area contributed by atoms with Crippen LogP contribution in [0.1, 0.15) is 24.0 Å². The highest BCUT2D eigenvalue weighted by atomic mass is 16.5. The normalized spacial score (nSPS) is 15.0. The van der Waals surface area contributed by atoms with Crippen LogP contribution in [0.3, 0.4) is 0 Å². The van der Waals surface area contributed by atoms with Crippen molar-refractivity contribution < 1.29 is 14.3 Å². The third-order valence-electron chi connectivity index (χ3n) is 5.34. The zero-order valence-corrected chi connectivity index (χ0v) is 17.3. The van der Waals surface area contributed by atoms with Crippen molar-refractivity contribution in [2.24, 2.45) is 5.92 Å². The summed E-state index contributed by atoms with van der Waals surface area (Å²) in [6.07, 6.45) is 1.50. The molecule has 0 aliphatic carbocycles. The molecule has 1 aliphatic rings. The van der Waals surface area contributed by atoms with Crippen molar-refractivity contribution in [2.75, 3.05) is 37.4 Å². The van der Waals surface area contributed by atoms with E-state index in [0.29, 0.717) is 6.54 Å². The Morgan fingerprint density at radius 3 is 2.34 bits per heavy atom. The van der Waals surface area contributed by atoms with E-state index in [1.807, 2.05) is 50.2 Å². The second-order valence-electron chi connectivity index (χ2n) is 7.63. The van der Waals surface area contributed by atoms with Crippen LogP contribution < -0.4 is 15.4 Å². The van der Waals surface area contributed by atoms with E-state index in [0.717, 1.165) is 48.6 Å². The van der Waals surface area contributed by atoms with Crippen molar-refractivity contribution in [1.82, 2.24) is 4.90 Å². The first kappa shape index (κ1) is 20.9. The topological polar surface area (TPSA) is 70.7 Å². The number of benzene rings is 2. The molecule has 3 rings (SSSR count). The Morgan fingerprint density at radius 1 is 1.03 bits per heavy atom. The number of hydrogen-bond donors (Lipinski definition) is 2. The van der Waals surface area contributed by atoms with Crippen LogP contribution in [-0.2, 0) is 9.59 Å². The lowest BCUT2D eigenvalue weighted by atomic mass is 9.95. The summed E-state index contributed by atoms with van der Waals surface area (Å²) >= 11 is 0. The molecule has 0 radical (unpaired) electrons. The Bertz CT molecular complexity index is 856. The molecule has 0 spiro atoms. The number of amides is 2. The molecule has 29 heavy (non-hydrogen) atoms. The zero-order chi connectivity index (χ0) is 20.8. The highest BCUT2D eigenvalue weighted by Crippen LogP contribution is 2.21. The Kier molecular flexibility index (Phi) is 6.88. The molecule has 6 nitrogen and oxygen atoms in total. The first-order chi connectivity index (χ1) is 13.9. The molecule has 6 heteroatoms. The van der Waals surface area contributed by atoms with Gasteiger partial charge in [-0.25, -0.2) is 0 Å². The maximum absolute atomic E-state index is 12.5. The summed E-state index contributed by atoms with van der Waals surface area (Å²) in [7, 11) is 1.61. The first-order valence-electron chi connectivity index (χ1n) is 9.99. The van der Waals surface area contributed by atoms with Gasteiger partial charge in [0.25, 0.3) is 0 Å². The van der Waals surface area contributed by atoms with Gasteiger partial charge in [-0.15, -0.1) is 0 Å². The van der Waals surface area contributed by atoms with E-state index in [1.54, 1.807) is 7.11 Å². The number of ether oxygens (including phenoxy) is 1. The van der Waals surface area contributed by atoms with Crippen molar-refractivity contribution in [2.45, 2.75) is 26.7 Å². The molecule has 2 aromatic rings. The molecule has 2 aromatic carbocycles. The van der Waals surface area contributed by atoms with E-state index < -0.39 is 0 Å². The predicted molar refractivity (Wildman–Crippen MR) is 115 cm³/mol. The van der Waals surface area contributed by atoms with Gasteiger partial charge in [0.2, 0.25) is 11.8 Å². The predicted octanol–water partition coefficient (Wildman–Crippen LogP) is 3.60. The minimum absolute atomic E-state index is 0.0157. The number of likely N-dealkylation sites (tertiary alicyclic amines) is 1. The number of rotatable bonds is 6. The van der Waals surface area contributed by atoms with E-state index in [4.69, 9.17) is 4.74 Å². The summed E-state index contributed by atoms with van der Waals surface area (Å²) in [5, 5.41) is 5.96. The number of piperidine rings is 1. The molecule has 2 N–H and O–H groups in total. The summed E-state index contributed by atoms with van der Waals surface area (Å²) in [5.41, 5.74) is 3.86. The molecule has 154 valence electrons. The van der Waals surface area contributed by atoms with Crippen molar-refractivity contribution in [3.05, 3.63) is 53.6 Å². The van der Waals surface area contributed by atoms with Crippen LogP contribution in [0.25, 0.3) is 0 Å². The highest BCUT2D eigenvalue weighted by molar-refractivity contribution is 5.93. The van der Waals surface area contributed by atoms with Crippen LogP contribution >= 0.6 is 0 Å². The minimum atomic E-state index is -0.0317. The first-order valence-corrected chi connectivity index (χ1v) is 9.99. The van der Waals surface area contributed by atoms with Gasteiger partial charge >= 0.3 is 0 Å². The number of aryl methyl sites for hydroxylation is 2. The molecule has 0 atom stereocenters. The fourth-order valence-electron chi connectivity index (χ4n) is 3.62. The summed E-state index contributed by atoms with van der Waals surface area (Å²) in [6.45, 7) is 5.85. The van der Waals surface area contributed by atoms with Gasteiger partial charge in [0.05, 0.1) is 13.7 Å². The number of anilines is 2. The Balaban J connectivity index is 1.44. The third-order valence-corrected chi connectivity index (χ3v) is 5.34. The maximum Gasteiger partial charge on any atom is 0.238 e. The fourth-order valence-corrected chi connectivity index (χ4v) is 3.62. The quantitative estimate of drug-likeness (QED) is 0.784. The van der Waals surface area contributed by atoms with Gasteiger partial charge in [-0.05, 0) is 75.7 Å². The van der Waals surface area contributed by atoms with Crippen molar-refractivity contribution in [3.8, 4) is 5.75 Å². The molecule has 1 fully saturated rings. The van der Waals surface area contributed by atoms with Gasteiger partial charge in [-0.2, -0.15) is 0 Å². The van der Waals surface area contributed by atoms with Crippen LogP contribution in [0.4, 0.5) is 11.4 Å². The molecule has 1 aliphatic heterocycles. The molecular weight excluding hydrogens is 366 g/mol. The monoisotopic (exact) mass is 395 g/mol. The average molecular weight is 396 g/mol. The van der Waals surface area contributed by atoms with Crippen LogP contribution in [0, 0.1) is 19.8 Å². The molecule has 1 saturated heterocycles. The van der Waals surface area contributed by atoms with E-state index in [-0.39, 0.29) is 17.7 Å². The summed E-state index contributed by atoms with van der Waals surface area (Å²) in [4.78, 5) is 27.0. The van der Waals surface area contributed by atoms with Crippen molar-refractivity contribution >= 4 is 23.2 Å². The minimum Gasteiger partial charge on any atom is -0.497 e. The van der Waals surface area contributed by atoms with Crippen LogP contribution in [0.15, 0.2) is 42.5 Å². The van der Waals surface area contributed by atoms with Gasteiger partial charge < -0.3 is 15.4 Å². The molecule has 1 heterocycles. The third kappa shape index (κ3) is 5.81. The van der Waals surface area contributed by atoms with Gasteiger partial charge in [-0.3, -0.25) is 14.5 Å². The van der Waals surface area contributed by atoms with Gasteiger partial charge in [-0.1, -0.05) is 17.7 Å². The summed E-state index contributed by atoms with van der Waals surface area (Å²) in [6, 6.07) is 13.3. The van der Waals surface area contributed by atoms with E-state index in [9.17, 15) is 9.59 Å².